The Kier molecular flexibility index (Phi) is 8.64. The summed E-state index contributed by atoms with van der Waals surface area (Å²) in [5, 5.41) is 11.3. The van der Waals surface area contributed by atoms with Gasteiger partial charge in [0.1, 0.15) is 0 Å². The Morgan fingerprint density at radius 2 is 1.43 bits per heavy atom. The lowest BCUT2D eigenvalue weighted by Gasteiger charge is -2.50. The predicted molar refractivity (Wildman–Crippen MR) is 190 cm³/mol. The van der Waals surface area contributed by atoms with Crippen LogP contribution in [0.1, 0.15) is 41.0 Å². The van der Waals surface area contributed by atoms with Gasteiger partial charge in [-0.05, 0) is 78.4 Å². The molecule has 6 unspecified atom stereocenters. The number of phenols is 1. The smallest absolute Gasteiger partial charge is 0.416 e. The lowest BCUT2D eigenvalue weighted by atomic mass is 9.49. The van der Waals surface area contributed by atoms with Crippen molar-refractivity contribution in [3.8, 4) is 11.5 Å². The van der Waals surface area contributed by atoms with Crippen LogP contribution in [0.5, 0.6) is 11.5 Å². The van der Waals surface area contributed by atoms with E-state index in [9.17, 15) is 45.8 Å². The van der Waals surface area contributed by atoms with Gasteiger partial charge in [-0.15, -0.1) is 0 Å². The molecule has 2 heterocycles. The van der Waals surface area contributed by atoms with Gasteiger partial charge in [0.25, 0.3) is 0 Å². The number of aromatic hydroxyl groups is 1. The molecule has 1 N–H and O–H groups in total. The lowest BCUT2D eigenvalue weighted by molar-refractivity contribution is -0.143. The van der Waals surface area contributed by atoms with Crippen LogP contribution in [-0.2, 0) is 36.9 Å². The van der Waals surface area contributed by atoms with Gasteiger partial charge in [0.15, 0.2) is 11.5 Å². The molecule has 0 radical (unpaired) electrons. The number of nitrogens with zero attached hydrogens (tertiary/aromatic N) is 2. The quantitative estimate of drug-likeness (QED) is 0.124. The molecule has 6 atom stereocenters. The highest BCUT2D eigenvalue weighted by Gasteiger charge is 2.70. The fourth-order valence-electron chi connectivity index (χ4n) is 9.33. The fraction of sp³-hybridized carbons (Fsp3) is 0.268. The molecule has 56 heavy (non-hydrogen) atoms. The number of phenolic OH excluding ortho intramolecular Hbond substituents is 1. The number of hydrogen-bond acceptors (Lipinski definition) is 6. The average molecular weight is 795 g/mol. The molecule has 2 aliphatic carbocycles. The van der Waals surface area contributed by atoms with Crippen LogP contribution in [0.15, 0.2) is 103 Å². The van der Waals surface area contributed by atoms with Gasteiger partial charge in [0, 0.05) is 10.9 Å². The minimum Gasteiger partial charge on any atom is -0.504 e. The van der Waals surface area contributed by atoms with Crippen molar-refractivity contribution in [2.24, 2.45) is 23.7 Å². The van der Waals surface area contributed by atoms with Crippen LogP contribution in [0.25, 0.3) is 0 Å². The van der Waals surface area contributed by atoms with Crippen molar-refractivity contribution in [1.82, 2.24) is 0 Å². The molecule has 2 aliphatic heterocycles. The van der Waals surface area contributed by atoms with Crippen LogP contribution in [0.3, 0.4) is 0 Å². The van der Waals surface area contributed by atoms with Crippen LogP contribution in [0.4, 0.5) is 37.7 Å². The van der Waals surface area contributed by atoms with E-state index in [1.807, 2.05) is 0 Å². The number of carbonyl (C=O) groups is 4. The molecule has 288 valence electrons. The third kappa shape index (κ3) is 5.51. The molecule has 4 aromatic carbocycles. The van der Waals surface area contributed by atoms with Gasteiger partial charge in [-0.2, -0.15) is 26.3 Å². The largest absolute Gasteiger partial charge is 0.504 e. The molecular weight excluding hydrogens is 766 g/mol. The first kappa shape index (κ1) is 37.3. The van der Waals surface area contributed by atoms with E-state index in [0.29, 0.717) is 33.7 Å². The van der Waals surface area contributed by atoms with Gasteiger partial charge in [-0.3, -0.25) is 19.2 Å². The molecule has 3 fully saturated rings. The Morgan fingerprint density at radius 3 is 2.04 bits per heavy atom. The number of carbonyl (C=O) groups excluding carboxylic acids is 4. The highest BCUT2D eigenvalue weighted by Crippen LogP contribution is 2.65. The second-order valence-electron chi connectivity index (χ2n) is 14.3. The number of fused-ring (bicyclic) bond motifs is 4. The molecular formula is C41H29ClF6N2O6. The van der Waals surface area contributed by atoms with Gasteiger partial charge in [-0.25, -0.2) is 9.80 Å². The van der Waals surface area contributed by atoms with Gasteiger partial charge in [0.2, 0.25) is 23.6 Å². The summed E-state index contributed by atoms with van der Waals surface area (Å²) in [5.41, 5.74) is -4.57. The lowest BCUT2D eigenvalue weighted by Crippen LogP contribution is -2.53. The van der Waals surface area contributed by atoms with E-state index < -0.39 is 87.8 Å². The summed E-state index contributed by atoms with van der Waals surface area (Å²) in [4.78, 5) is 60.1. The molecule has 15 heteroatoms. The number of imide groups is 2. The Bertz CT molecular complexity index is 2330. The maximum atomic E-state index is 15.3. The predicted octanol–water partition coefficient (Wildman–Crippen LogP) is 8.46. The third-order valence-electron chi connectivity index (χ3n) is 11.5. The normalized spacial score (nSPS) is 26.2. The monoisotopic (exact) mass is 794 g/mol. The van der Waals surface area contributed by atoms with E-state index >= 15 is 4.79 Å². The average Bonchev–Trinajstić information content (AvgIpc) is 3.54. The molecule has 0 aromatic heterocycles. The maximum absolute atomic E-state index is 15.3. The van der Waals surface area contributed by atoms with E-state index in [-0.39, 0.29) is 41.1 Å². The summed E-state index contributed by atoms with van der Waals surface area (Å²) < 4.78 is 88.7. The topological polar surface area (TPSA) is 104 Å². The standard InChI is InChI=1S/C41H29ClF6N2O6/c1-56-32-13-10-20(14-31(32)51)34-27-11-12-28-33(37(54)49(35(28)52)26-16-22(40(43,44)45)15-23(17-26)41(46,47)48)29(27)19-30-36(53)50(25-9-5-8-24(42)18-25)38(55)39(30,34)21-6-3-2-4-7-21/h2-11,13-18,28-30,33-34,51H,12,19H2,1H3. The van der Waals surface area contributed by atoms with Crippen LogP contribution >= 0.6 is 11.6 Å². The zero-order valence-electron chi connectivity index (χ0n) is 29.1. The number of hydrogen-bond donors (Lipinski definition) is 1. The Hall–Kier alpha value is -5.63. The molecule has 1 saturated carbocycles. The summed E-state index contributed by atoms with van der Waals surface area (Å²) in [6.45, 7) is 0. The van der Waals surface area contributed by atoms with Crippen LogP contribution < -0.4 is 14.5 Å². The molecule has 4 aromatic rings. The fourth-order valence-corrected chi connectivity index (χ4v) is 9.51. The van der Waals surface area contributed by atoms with Gasteiger partial charge < -0.3 is 9.84 Å². The number of amides is 4. The number of alkyl halides is 6. The highest BCUT2D eigenvalue weighted by atomic mass is 35.5. The van der Waals surface area contributed by atoms with Crippen LogP contribution in [-0.4, -0.2) is 35.8 Å². The molecule has 0 spiro atoms. The Balaban J connectivity index is 1.33. The van der Waals surface area contributed by atoms with Crippen LogP contribution in [0, 0.1) is 23.7 Å². The van der Waals surface area contributed by atoms with E-state index in [2.05, 4.69) is 0 Å². The molecule has 4 amide bonds. The number of benzene rings is 4. The summed E-state index contributed by atoms with van der Waals surface area (Å²) in [6.07, 6.45) is -9.16. The zero-order chi connectivity index (χ0) is 40.1. The first-order chi connectivity index (χ1) is 26.5. The molecule has 8 nitrogen and oxygen atoms in total. The molecule has 2 saturated heterocycles. The van der Waals surface area contributed by atoms with Crippen molar-refractivity contribution in [2.45, 2.75) is 36.5 Å². The number of halogens is 7. The van der Waals surface area contributed by atoms with E-state index in [4.69, 9.17) is 16.3 Å². The van der Waals surface area contributed by atoms with Gasteiger partial charge in [0.05, 0.1) is 52.8 Å². The van der Waals surface area contributed by atoms with E-state index in [1.54, 1.807) is 54.6 Å². The number of rotatable bonds is 5. The van der Waals surface area contributed by atoms with Crippen LogP contribution in [0.2, 0.25) is 5.02 Å². The summed E-state index contributed by atoms with van der Waals surface area (Å²) in [7, 11) is 1.34. The summed E-state index contributed by atoms with van der Waals surface area (Å²) in [5.74, 6) is -9.29. The second kappa shape index (κ2) is 13.0. The zero-order valence-corrected chi connectivity index (χ0v) is 29.8. The first-order valence-electron chi connectivity index (χ1n) is 17.4. The van der Waals surface area contributed by atoms with E-state index in [0.717, 1.165) is 4.90 Å². The van der Waals surface area contributed by atoms with Crippen molar-refractivity contribution in [3.63, 3.8) is 0 Å². The minimum atomic E-state index is -5.24. The molecule has 4 aliphatic rings. The number of methoxy groups -OCH3 is 1. The first-order valence-corrected chi connectivity index (χ1v) is 17.8. The summed E-state index contributed by atoms with van der Waals surface area (Å²) in [6, 6.07) is 19.7. The summed E-state index contributed by atoms with van der Waals surface area (Å²) >= 11 is 6.32. The van der Waals surface area contributed by atoms with Crippen molar-refractivity contribution in [1.29, 1.82) is 0 Å². The molecule has 8 rings (SSSR count). The minimum absolute atomic E-state index is 0.0885. The maximum Gasteiger partial charge on any atom is 0.416 e. The SMILES string of the molecule is COc1ccc(C2C3=CCC4C(=O)N(c5cc(C(F)(F)F)cc(C(F)(F)F)c5)C(=O)C4C3CC3C(=O)N(c4cccc(Cl)c4)C(=O)C32c2ccccc2)cc1O. The Labute approximate surface area is 319 Å². The van der Waals surface area contributed by atoms with Gasteiger partial charge in [-0.1, -0.05) is 65.7 Å². The molecule has 0 bridgehead atoms. The highest BCUT2D eigenvalue weighted by molar-refractivity contribution is 6.32. The van der Waals surface area contributed by atoms with Crippen molar-refractivity contribution in [3.05, 3.63) is 130 Å². The van der Waals surface area contributed by atoms with Gasteiger partial charge >= 0.3 is 12.4 Å². The second-order valence-corrected chi connectivity index (χ2v) is 14.7. The number of ether oxygens (including phenoxy) is 1. The third-order valence-corrected chi connectivity index (χ3v) is 11.8. The van der Waals surface area contributed by atoms with Crippen molar-refractivity contribution in [2.75, 3.05) is 16.9 Å². The Morgan fingerprint density at radius 1 is 0.750 bits per heavy atom. The van der Waals surface area contributed by atoms with E-state index in [1.165, 1.54) is 31.4 Å². The van der Waals surface area contributed by atoms with Crippen molar-refractivity contribution < 1.29 is 55.4 Å². The number of allylic oxidation sites excluding steroid dienone is 2. The number of anilines is 2. The van der Waals surface area contributed by atoms with Crippen molar-refractivity contribution >= 4 is 46.6 Å².